The van der Waals surface area contributed by atoms with E-state index in [-0.39, 0.29) is 5.91 Å². The molecule has 0 saturated carbocycles. The van der Waals surface area contributed by atoms with Gasteiger partial charge in [0.1, 0.15) is 0 Å². The molecule has 106 valence electrons. The normalized spacial score (nSPS) is 18.5. The Morgan fingerprint density at radius 2 is 2.05 bits per heavy atom. The zero-order valence-electron chi connectivity index (χ0n) is 11.8. The van der Waals surface area contributed by atoms with E-state index < -0.39 is 0 Å². The molecular formula is C16H15N3OS. The van der Waals surface area contributed by atoms with Crippen LogP contribution in [0.4, 0.5) is 5.69 Å². The highest BCUT2D eigenvalue weighted by Gasteiger charge is 2.24. The number of nitrogens with one attached hydrogen (secondary N) is 1. The number of aryl methyl sites for hydroxylation is 2. The van der Waals surface area contributed by atoms with Crippen molar-refractivity contribution in [2.45, 2.75) is 6.92 Å². The number of hydrogen-bond donors (Lipinski definition) is 1. The van der Waals surface area contributed by atoms with Gasteiger partial charge in [-0.2, -0.15) is 0 Å². The summed E-state index contributed by atoms with van der Waals surface area (Å²) in [5.74, 6) is -0.103. The van der Waals surface area contributed by atoms with Crippen LogP contribution in [-0.2, 0) is 11.8 Å². The maximum Gasteiger partial charge on any atom is 0.264 e. The third kappa shape index (κ3) is 2.92. The van der Waals surface area contributed by atoms with Crippen LogP contribution in [0.5, 0.6) is 0 Å². The summed E-state index contributed by atoms with van der Waals surface area (Å²) in [7, 11) is 1.95. The molecule has 1 aromatic heterocycles. The molecule has 0 radical (unpaired) electrons. The van der Waals surface area contributed by atoms with E-state index in [9.17, 15) is 4.79 Å². The minimum atomic E-state index is -0.103. The van der Waals surface area contributed by atoms with Crippen LogP contribution in [0.1, 0.15) is 11.3 Å². The summed E-state index contributed by atoms with van der Waals surface area (Å²) in [5.41, 5.74) is 2.95. The third-order valence-corrected chi connectivity index (χ3v) is 4.16. The molecule has 2 heterocycles. The van der Waals surface area contributed by atoms with Gasteiger partial charge in [0.25, 0.3) is 5.91 Å². The van der Waals surface area contributed by atoms with Gasteiger partial charge in [-0.3, -0.25) is 4.79 Å². The second-order valence-corrected chi connectivity index (χ2v) is 5.84. The molecule has 3 rings (SSSR count). The van der Waals surface area contributed by atoms with Crippen molar-refractivity contribution >= 4 is 34.6 Å². The van der Waals surface area contributed by atoms with Gasteiger partial charge in [-0.25, -0.2) is 4.99 Å². The average molecular weight is 297 g/mol. The van der Waals surface area contributed by atoms with E-state index in [1.165, 1.54) is 11.8 Å². The number of aliphatic imine (C=N–C) groups is 1. The van der Waals surface area contributed by atoms with E-state index >= 15 is 0 Å². The molecule has 0 aliphatic carbocycles. The number of aromatic nitrogens is 1. The van der Waals surface area contributed by atoms with Gasteiger partial charge in [0.15, 0.2) is 5.17 Å². The van der Waals surface area contributed by atoms with Crippen molar-refractivity contribution in [1.29, 1.82) is 0 Å². The Labute approximate surface area is 127 Å². The van der Waals surface area contributed by atoms with Crippen LogP contribution >= 0.6 is 11.8 Å². The Kier molecular flexibility index (Phi) is 3.66. The number of carbonyl (C=O) groups is 1. The van der Waals surface area contributed by atoms with E-state index in [0.29, 0.717) is 10.1 Å². The summed E-state index contributed by atoms with van der Waals surface area (Å²) in [6.07, 6.45) is 3.83. The Balaban J connectivity index is 1.87. The first kappa shape index (κ1) is 13.7. The highest BCUT2D eigenvalue weighted by Crippen LogP contribution is 2.28. The van der Waals surface area contributed by atoms with Crippen LogP contribution < -0.4 is 5.32 Å². The SMILES string of the molecule is Cc1ccccc1N=C1NC(=O)/C(=C/c2cccn2C)S1. The first-order valence-electron chi connectivity index (χ1n) is 6.60. The van der Waals surface area contributed by atoms with Crippen molar-refractivity contribution in [1.82, 2.24) is 9.88 Å². The molecule has 0 spiro atoms. The third-order valence-electron chi connectivity index (χ3n) is 3.25. The molecule has 1 aliphatic rings. The summed E-state index contributed by atoms with van der Waals surface area (Å²) >= 11 is 1.37. The molecule has 1 N–H and O–H groups in total. The monoisotopic (exact) mass is 297 g/mol. The topological polar surface area (TPSA) is 46.4 Å². The molecule has 1 saturated heterocycles. The minimum absolute atomic E-state index is 0.103. The first-order valence-corrected chi connectivity index (χ1v) is 7.42. The number of nitrogens with zero attached hydrogens (tertiary/aromatic N) is 2. The fourth-order valence-corrected chi connectivity index (χ4v) is 2.86. The van der Waals surface area contributed by atoms with Crippen molar-refractivity contribution in [3.05, 3.63) is 58.8 Å². The molecule has 1 aliphatic heterocycles. The van der Waals surface area contributed by atoms with Crippen molar-refractivity contribution in [3.8, 4) is 0 Å². The number of benzene rings is 1. The molecule has 0 atom stereocenters. The molecule has 4 nitrogen and oxygen atoms in total. The maximum atomic E-state index is 12.0. The first-order chi connectivity index (χ1) is 10.1. The van der Waals surface area contributed by atoms with Gasteiger partial charge >= 0.3 is 0 Å². The van der Waals surface area contributed by atoms with E-state index in [2.05, 4.69) is 10.3 Å². The van der Waals surface area contributed by atoms with Crippen LogP contribution in [0.3, 0.4) is 0 Å². The van der Waals surface area contributed by atoms with Crippen LogP contribution in [0.2, 0.25) is 0 Å². The summed E-state index contributed by atoms with van der Waals surface area (Å²) in [6, 6.07) is 11.8. The molecule has 0 unspecified atom stereocenters. The minimum Gasteiger partial charge on any atom is -0.351 e. The van der Waals surface area contributed by atoms with Crippen molar-refractivity contribution < 1.29 is 4.79 Å². The van der Waals surface area contributed by atoms with Crippen molar-refractivity contribution in [3.63, 3.8) is 0 Å². The quantitative estimate of drug-likeness (QED) is 0.865. The van der Waals surface area contributed by atoms with E-state index in [0.717, 1.165) is 16.9 Å². The van der Waals surface area contributed by atoms with Gasteiger partial charge < -0.3 is 9.88 Å². The number of rotatable bonds is 2. The van der Waals surface area contributed by atoms with Crippen molar-refractivity contribution in [2.24, 2.45) is 12.0 Å². The predicted octanol–water partition coefficient (Wildman–Crippen LogP) is 3.23. The number of para-hydroxylation sites is 1. The lowest BCUT2D eigenvalue weighted by Gasteiger charge is -1.99. The van der Waals surface area contributed by atoms with E-state index in [1.54, 1.807) is 0 Å². The largest absolute Gasteiger partial charge is 0.351 e. The molecule has 5 heteroatoms. The summed E-state index contributed by atoms with van der Waals surface area (Å²) in [5, 5.41) is 3.43. The molecule has 2 aromatic rings. The Hall–Kier alpha value is -2.27. The lowest BCUT2D eigenvalue weighted by atomic mass is 10.2. The molecule has 1 fully saturated rings. The number of hydrogen-bond acceptors (Lipinski definition) is 3. The Morgan fingerprint density at radius 1 is 1.24 bits per heavy atom. The molecular weight excluding hydrogens is 282 g/mol. The van der Waals surface area contributed by atoms with Gasteiger partial charge in [0, 0.05) is 18.9 Å². The van der Waals surface area contributed by atoms with Crippen LogP contribution in [0, 0.1) is 6.92 Å². The summed E-state index contributed by atoms with van der Waals surface area (Å²) in [4.78, 5) is 17.2. The zero-order chi connectivity index (χ0) is 14.8. The summed E-state index contributed by atoms with van der Waals surface area (Å²) in [6.45, 7) is 2.00. The number of carbonyl (C=O) groups excluding carboxylic acids is 1. The van der Waals surface area contributed by atoms with E-state index in [4.69, 9.17) is 0 Å². The second-order valence-electron chi connectivity index (χ2n) is 4.81. The smallest absolute Gasteiger partial charge is 0.264 e. The number of amidine groups is 1. The van der Waals surface area contributed by atoms with Gasteiger partial charge in [0.05, 0.1) is 10.6 Å². The fraction of sp³-hybridized carbons (Fsp3) is 0.125. The lowest BCUT2D eigenvalue weighted by Crippen LogP contribution is -2.19. The summed E-state index contributed by atoms with van der Waals surface area (Å²) < 4.78 is 1.97. The molecule has 21 heavy (non-hydrogen) atoms. The highest BCUT2D eigenvalue weighted by atomic mass is 32.2. The number of amides is 1. The maximum absolute atomic E-state index is 12.0. The molecule has 1 aromatic carbocycles. The zero-order valence-corrected chi connectivity index (χ0v) is 12.6. The molecule has 0 bridgehead atoms. The van der Waals surface area contributed by atoms with Crippen molar-refractivity contribution in [2.75, 3.05) is 0 Å². The fourth-order valence-electron chi connectivity index (χ4n) is 2.04. The molecule has 1 amide bonds. The van der Waals surface area contributed by atoms with Crippen LogP contribution in [0.15, 0.2) is 52.5 Å². The standard InChI is InChI=1S/C16H15N3OS/c1-11-6-3-4-8-13(11)17-16-18-15(20)14(21-16)10-12-7-5-9-19(12)2/h3-10H,1-2H3,(H,17,18,20)/b14-10-. The average Bonchev–Trinajstić information content (AvgIpc) is 3.00. The van der Waals surface area contributed by atoms with Gasteiger partial charge in [-0.05, 0) is 48.5 Å². The van der Waals surface area contributed by atoms with E-state index in [1.807, 2.05) is 67.2 Å². The number of thioether (sulfide) groups is 1. The highest BCUT2D eigenvalue weighted by molar-refractivity contribution is 8.18. The van der Waals surface area contributed by atoms with Gasteiger partial charge in [-0.15, -0.1) is 0 Å². The Morgan fingerprint density at radius 3 is 2.76 bits per heavy atom. The predicted molar refractivity (Wildman–Crippen MR) is 87.4 cm³/mol. The van der Waals surface area contributed by atoms with Gasteiger partial charge in [-0.1, -0.05) is 18.2 Å². The van der Waals surface area contributed by atoms with Crippen LogP contribution in [0.25, 0.3) is 6.08 Å². The lowest BCUT2D eigenvalue weighted by molar-refractivity contribution is -0.115. The van der Waals surface area contributed by atoms with Gasteiger partial charge in [0.2, 0.25) is 0 Å². The van der Waals surface area contributed by atoms with Crippen LogP contribution in [-0.4, -0.2) is 15.6 Å². The second kappa shape index (κ2) is 5.61. The Bertz CT molecular complexity index is 758.